The number of unbranched alkanes of at least 4 members (excludes halogenated alkanes) is 7. The molecule has 4 aliphatic carbocycles. The van der Waals surface area contributed by atoms with Gasteiger partial charge < -0.3 is 14.5 Å². The van der Waals surface area contributed by atoms with Crippen LogP contribution in [-0.2, 0) is 19.1 Å². The summed E-state index contributed by atoms with van der Waals surface area (Å²) in [7, 11) is 6.00. The van der Waals surface area contributed by atoms with Gasteiger partial charge in [0.05, 0.1) is 0 Å². The number of likely N-dealkylation sites (N-methyl/N-ethyl adjacent to an activating group) is 2. The third-order valence-corrected chi connectivity index (χ3v) is 11.1. The van der Waals surface area contributed by atoms with Crippen molar-refractivity contribution in [2.75, 3.05) is 34.2 Å². The van der Waals surface area contributed by atoms with E-state index in [0.29, 0.717) is 36.4 Å². The summed E-state index contributed by atoms with van der Waals surface area (Å²) in [5.74, 6) is 2.17. The fraction of sp³-hybridized carbons (Fsp3) is 0.806. The molecule has 0 aliphatic heterocycles. The minimum Gasteiger partial charge on any atom is -0.462 e. The third kappa shape index (κ3) is 8.15. The first kappa shape index (κ1) is 33.0. The number of rotatable bonds is 15. The van der Waals surface area contributed by atoms with Gasteiger partial charge in [-0.2, -0.15) is 0 Å². The Morgan fingerprint density at radius 1 is 0.905 bits per heavy atom. The Bertz CT molecular complexity index is 1030. The largest absolute Gasteiger partial charge is 0.462 e. The molecule has 0 radical (unpaired) electrons. The van der Waals surface area contributed by atoms with Crippen LogP contribution in [0, 0.1) is 23.2 Å². The highest BCUT2D eigenvalue weighted by Crippen LogP contribution is 2.63. The predicted octanol–water partition coefficient (Wildman–Crippen LogP) is 7.27. The fourth-order valence-electron chi connectivity index (χ4n) is 8.83. The molecular weight excluding hydrogens is 524 g/mol. The van der Waals surface area contributed by atoms with Crippen molar-refractivity contribution in [2.45, 2.75) is 129 Å². The van der Waals surface area contributed by atoms with Crippen molar-refractivity contribution in [2.24, 2.45) is 23.2 Å². The summed E-state index contributed by atoms with van der Waals surface area (Å²) < 4.78 is 5.94. The highest BCUT2D eigenvalue weighted by Gasteiger charge is 2.57. The SMILES string of the molecule is CC(=O)O[C@H]1CC[C@H]2[C@@H]3CCC4=CC(=O)CCC4=C3[C@@H](CCCCCCCCCCC(=O)N(C)CCN(C)C)C[C@]12C. The second kappa shape index (κ2) is 15.2. The molecule has 0 aromatic rings. The van der Waals surface area contributed by atoms with E-state index in [2.05, 4.69) is 11.8 Å². The highest BCUT2D eigenvalue weighted by atomic mass is 16.5. The smallest absolute Gasteiger partial charge is 0.302 e. The van der Waals surface area contributed by atoms with Crippen molar-refractivity contribution in [1.29, 1.82) is 0 Å². The van der Waals surface area contributed by atoms with E-state index in [-0.39, 0.29) is 23.4 Å². The minimum atomic E-state index is -0.138. The average molecular weight is 583 g/mol. The van der Waals surface area contributed by atoms with Crippen LogP contribution in [0.1, 0.15) is 123 Å². The zero-order valence-electron chi connectivity index (χ0n) is 27.3. The van der Waals surface area contributed by atoms with Gasteiger partial charge in [0, 0.05) is 45.3 Å². The minimum absolute atomic E-state index is 0.0488. The van der Waals surface area contributed by atoms with Crippen LogP contribution >= 0.6 is 0 Å². The van der Waals surface area contributed by atoms with Gasteiger partial charge in [-0.1, -0.05) is 57.4 Å². The van der Waals surface area contributed by atoms with Gasteiger partial charge in [0.25, 0.3) is 0 Å². The van der Waals surface area contributed by atoms with Crippen molar-refractivity contribution < 1.29 is 19.1 Å². The summed E-state index contributed by atoms with van der Waals surface area (Å²) in [5, 5.41) is 0. The van der Waals surface area contributed by atoms with Crippen LogP contribution in [0.3, 0.4) is 0 Å². The molecule has 1 amide bonds. The van der Waals surface area contributed by atoms with Gasteiger partial charge in [-0.05, 0) is 100 Å². The number of fused-ring (bicyclic) bond motifs is 4. The number of carbonyl (C=O) groups is 3. The summed E-state index contributed by atoms with van der Waals surface area (Å²) in [6.07, 6.45) is 20.7. The van der Waals surface area contributed by atoms with E-state index < -0.39 is 0 Å². The van der Waals surface area contributed by atoms with Gasteiger partial charge in [-0.15, -0.1) is 0 Å². The predicted molar refractivity (Wildman–Crippen MR) is 169 cm³/mol. The molecule has 2 fully saturated rings. The number of nitrogens with zero attached hydrogens (tertiary/aromatic N) is 2. The Morgan fingerprint density at radius 2 is 1.60 bits per heavy atom. The standard InChI is InChI=1S/C36H58N2O4/c1-26(39)42-33-21-20-32-31-18-16-27-24-29(40)17-19-30(27)35(31)28(25-36(32,33)2)14-12-10-8-6-7-9-11-13-15-34(41)38(5)23-22-37(3)4/h24,28,31-33H,6-23,25H2,1-5H3/t28-,31-,32-,33-,36-/m0/s1. The number of ether oxygens (including phenoxy) is 1. The number of carbonyl (C=O) groups excluding carboxylic acids is 3. The molecule has 2 saturated carbocycles. The van der Waals surface area contributed by atoms with Crippen LogP contribution in [0.15, 0.2) is 22.8 Å². The van der Waals surface area contributed by atoms with E-state index in [9.17, 15) is 14.4 Å². The lowest BCUT2D eigenvalue weighted by Gasteiger charge is -2.52. The maximum Gasteiger partial charge on any atom is 0.302 e. The van der Waals surface area contributed by atoms with Gasteiger partial charge >= 0.3 is 5.97 Å². The zero-order valence-corrected chi connectivity index (χ0v) is 27.3. The lowest BCUT2D eigenvalue weighted by atomic mass is 9.53. The summed E-state index contributed by atoms with van der Waals surface area (Å²) >= 11 is 0. The monoisotopic (exact) mass is 582 g/mol. The molecule has 0 saturated heterocycles. The molecule has 4 rings (SSSR count). The summed E-state index contributed by atoms with van der Waals surface area (Å²) in [5.41, 5.74) is 4.64. The number of hydrogen-bond donors (Lipinski definition) is 0. The molecule has 236 valence electrons. The number of allylic oxidation sites excluding steroid dienone is 4. The summed E-state index contributed by atoms with van der Waals surface area (Å²) in [6.45, 7) is 5.69. The molecule has 6 heteroatoms. The molecule has 6 nitrogen and oxygen atoms in total. The molecule has 0 aromatic carbocycles. The third-order valence-electron chi connectivity index (χ3n) is 11.1. The fourth-order valence-corrected chi connectivity index (χ4v) is 8.83. The highest BCUT2D eigenvalue weighted by molar-refractivity contribution is 5.93. The van der Waals surface area contributed by atoms with E-state index in [1.54, 1.807) is 12.5 Å². The van der Waals surface area contributed by atoms with Crippen LogP contribution in [0.2, 0.25) is 0 Å². The van der Waals surface area contributed by atoms with Gasteiger partial charge in [0.1, 0.15) is 6.10 Å². The number of ketones is 1. The van der Waals surface area contributed by atoms with E-state index in [1.807, 2.05) is 32.1 Å². The summed E-state index contributed by atoms with van der Waals surface area (Å²) in [6, 6.07) is 0. The normalized spacial score (nSPS) is 28.7. The average Bonchev–Trinajstić information content (AvgIpc) is 3.26. The second-order valence-corrected chi connectivity index (χ2v) is 14.4. The molecule has 0 unspecified atom stereocenters. The molecule has 5 atom stereocenters. The van der Waals surface area contributed by atoms with E-state index >= 15 is 0 Å². The lowest BCUT2D eigenvalue weighted by Crippen LogP contribution is -2.46. The van der Waals surface area contributed by atoms with Crippen molar-refractivity contribution >= 4 is 17.7 Å². The molecule has 42 heavy (non-hydrogen) atoms. The maximum atomic E-state index is 12.3. The van der Waals surface area contributed by atoms with Gasteiger partial charge in [0.2, 0.25) is 5.91 Å². The molecule has 0 bridgehead atoms. The molecule has 4 aliphatic rings. The molecular formula is C36H58N2O4. The summed E-state index contributed by atoms with van der Waals surface area (Å²) in [4.78, 5) is 40.5. The van der Waals surface area contributed by atoms with Gasteiger partial charge in [-0.3, -0.25) is 14.4 Å². The Hall–Kier alpha value is -1.95. The first-order valence-electron chi connectivity index (χ1n) is 17.1. The van der Waals surface area contributed by atoms with Crippen molar-refractivity contribution in [3.05, 3.63) is 22.8 Å². The Kier molecular flexibility index (Phi) is 11.9. The number of esters is 1. The Balaban J connectivity index is 1.24. The van der Waals surface area contributed by atoms with Crippen molar-refractivity contribution in [3.8, 4) is 0 Å². The van der Waals surface area contributed by atoms with E-state index in [1.165, 1.54) is 56.1 Å². The Labute approximate surface area is 255 Å². The quantitative estimate of drug-likeness (QED) is 0.150. The second-order valence-electron chi connectivity index (χ2n) is 14.4. The van der Waals surface area contributed by atoms with Crippen LogP contribution in [-0.4, -0.2) is 67.8 Å². The van der Waals surface area contributed by atoms with Crippen molar-refractivity contribution in [3.63, 3.8) is 0 Å². The first-order valence-corrected chi connectivity index (χ1v) is 17.1. The first-order chi connectivity index (χ1) is 20.1. The number of hydrogen-bond acceptors (Lipinski definition) is 5. The molecule has 0 N–H and O–H groups in total. The topological polar surface area (TPSA) is 66.9 Å². The van der Waals surface area contributed by atoms with Crippen LogP contribution in [0.5, 0.6) is 0 Å². The van der Waals surface area contributed by atoms with Crippen molar-refractivity contribution in [1.82, 2.24) is 9.80 Å². The van der Waals surface area contributed by atoms with E-state index in [0.717, 1.165) is 64.5 Å². The molecule has 0 spiro atoms. The molecule has 0 heterocycles. The Morgan fingerprint density at radius 3 is 2.29 bits per heavy atom. The van der Waals surface area contributed by atoms with Crippen LogP contribution in [0.25, 0.3) is 0 Å². The number of amides is 1. The van der Waals surface area contributed by atoms with Crippen LogP contribution < -0.4 is 0 Å². The van der Waals surface area contributed by atoms with Gasteiger partial charge in [0.15, 0.2) is 5.78 Å². The van der Waals surface area contributed by atoms with E-state index in [4.69, 9.17) is 4.74 Å². The lowest BCUT2D eigenvalue weighted by molar-refractivity contribution is -0.154. The zero-order chi connectivity index (χ0) is 30.3. The van der Waals surface area contributed by atoms with Crippen LogP contribution in [0.4, 0.5) is 0 Å². The van der Waals surface area contributed by atoms with Gasteiger partial charge in [-0.25, -0.2) is 0 Å². The maximum absolute atomic E-state index is 12.3. The molecule has 0 aromatic heterocycles.